The summed E-state index contributed by atoms with van der Waals surface area (Å²) in [7, 11) is 1.64. The van der Waals surface area contributed by atoms with E-state index in [2.05, 4.69) is 40.5 Å². The number of thioether (sulfide) groups is 1. The molecule has 4 aromatic rings. The van der Waals surface area contributed by atoms with Crippen LogP contribution in [-0.4, -0.2) is 44.4 Å². The van der Waals surface area contributed by atoms with Crippen LogP contribution in [0.3, 0.4) is 0 Å². The quantitative estimate of drug-likeness (QED) is 0.298. The lowest BCUT2D eigenvalue weighted by Crippen LogP contribution is -2.28. The van der Waals surface area contributed by atoms with Gasteiger partial charge in [-0.2, -0.15) is 5.10 Å². The van der Waals surface area contributed by atoms with Gasteiger partial charge in [0.05, 0.1) is 24.6 Å². The number of nitrogens with two attached hydrogens (primary N) is 1. The fourth-order valence-electron chi connectivity index (χ4n) is 4.57. The van der Waals surface area contributed by atoms with Gasteiger partial charge in [0.2, 0.25) is 5.16 Å². The zero-order valence-corrected chi connectivity index (χ0v) is 20.7. The van der Waals surface area contributed by atoms with E-state index in [-0.39, 0.29) is 17.7 Å². The van der Waals surface area contributed by atoms with E-state index in [0.717, 1.165) is 46.6 Å². The first-order chi connectivity index (χ1) is 17.6. The van der Waals surface area contributed by atoms with Gasteiger partial charge in [0.1, 0.15) is 5.75 Å². The summed E-state index contributed by atoms with van der Waals surface area (Å²) >= 11 is 1.29. The molecule has 36 heavy (non-hydrogen) atoms. The lowest BCUT2D eigenvalue weighted by atomic mass is 9.97. The lowest BCUT2D eigenvalue weighted by molar-refractivity contribution is -0.130. The van der Waals surface area contributed by atoms with Crippen LogP contribution in [0.15, 0.2) is 77.0 Å². The first kappa shape index (κ1) is 22.6. The number of amides is 1. The summed E-state index contributed by atoms with van der Waals surface area (Å²) in [6.45, 7) is 0. The molecule has 2 aliphatic rings. The number of ether oxygens (including phenoxy) is 1. The van der Waals surface area contributed by atoms with Gasteiger partial charge in [0.25, 0.3) is 5.91 Å². The van der Waals surface area contributed by atoms with Crippen molar-refractivity contribution in [2.45, 2.75) is 36.4 Å². The van der Waals surface area contributed by atoms with Crippen LogP contribution in [0.25, 0.3) is 10.8 Å². The number of benzene rings is 3. The lowest BCUT2D eigenvalue weighted by Gasteiger charge is -2.22. The van der Waals surface area contributed by atoms with Crippen molar-refractivity contribution in [3.05, 3.63) is 83.7 Å². The number of aromatic nitrogens is 3. The van der Waals surface area contributed by atoms with Crippen molar-refractivity contribution in [3.63, 3.8) is 0 Å². The molecule has 1 fully saturated rings. The minimum Gasteiger partial charge on any atom is -0.497 e. The molecule has 1 saturated carbocycles. The highest BCUT2D eigenvalue weighted by Crippen LogP contribution is 2.39. The van der Waals surface area contributed by atoms with Crippen molar-refractivity contribution in [2.75, 3.05) is 18.7 Å². The molecule has 0 bridgehead atoms. The van der Waals surface area contributed by atoms with Crippen LogP contribution >= 0.6 is 11.8 Å². The van der Waals surface area contributed by atoms with E-state index in [4.69, 9.17) is 15.7 Å². The third kappa shape index (κ3) is 4.30. The standard InChI is InChI=1S/C27H26N6O2S/c1-35-22-12-10-18(11-13-22)24-15-23(21-9-6-17-4-2-3-5-20(17)14-21)31-33(24)25(34)16-36-27-30-29-26(32(27)28)19-7-8-19/h2-6,9-14,19,24H,7-8,15-16,28H2,1H3. The Morgan fingerprint density at radius 1 is 1.06 bits per heavy atom. The zero-order valence-electron chi connectivity index (χ0n) is 19.9. The second-order valence-electron chi connectivity index (χ2n) is 9.11. The topological polar surface area (TPSA) is 98.6 Å². The summed E-state index contributed by atoms with van der Waals surface area (Å²) in [6.07, 6.45) is 2.80. The Balaban J connectivity index is 1.27. The van der Waals surface area contributed by atoms with E-state index in [1.54, 1.807) is 12.1 Å². The number of methoxy groups -OCH3 is 1. The minimum atomic E-state index is -0.205. The van der Waals surface area contributed by atoms with Gasteiger partial charge in [-0.15, -0.1) is 10.2 Å². The molecule has 6 rings (SSSR count). The number of hydrogen-bond donors (Lipinski definition) is 1. The molecule has 182 valence electrons. The number of carbonyl (C=O) groups excluding carboxylic acids is 1. The Hall–Kier alpha value is -3.85. The zero-order chi connectivity index (χ0) is 24.6. The van der Waals surface area contributed by atoms with Gasteiger partial charge in [-0.05, 0) is 52.9 Å². The molecular formula is C27H26N6O2S. The van der Waals surface area contributed by atoms with Gasteiger partial charge >= 0.3 is 0 Å². The van der Waals surface area contributed by atoms with Crippen LogP contribution in [0.5, 0.6) is 5.75 Å². The fraction of sp³-hybridized carbons (Fsp3) is 0.259. The molecule has 1 aliphatic heterocycles. The second kappa shape index (κ2) is 9.31. The number of rotatable bonds is 7. The summed E-state index contributed by atoms with van der Waals surface area (Å²) in [5, 5.41) is 17.7. The summed E-state index contributed by atoms with van der Waals surface area (Å²) in [6, 6.07) is 22.2. The van der Waals surface area contributed by atoms with Crippen molar-refractivity contribution in [2.24, 2.45) is 5.10 Å². The van der Waals surface area contributed by atoms with E-state index < -0.39 is 0 Å². The van der Waals surface area contributed by atoms with Crippen LogP contribution in [0.1, 0.15) is 48.2 Å². The summed E-state index contributed by atoms with van der Waals surface area (Å²) < 4.78 is 6.84. The molecule has 0 radical (unpaired) electrons. The molecule has 1 amide bonds. The maximum absolute atomic E-state index is 13.5. The van der Waals surface area contributed by atoms with Gasteiger partial charge in [0, 0.05) is 12.3 Å². The smallest absolute Gasteiger partial charge is 0.253 e. The van der Waals surface area contributed by atoms with Crippen molar-refractivity contribution in [1.29, 1.82) is 0 Å². The maximum atomic E-state index is 13.5. The highest BCUT2D eigenvalue weighted by molar-refractivity contribution is 7.99. The first-order valence-corrected chi connectivity index (χ1v) is 12.9. The Kier molecular flexibility index (Phi) is 5.85. The van der Waals surface area contributed by atoms with Crippen LogP contribution in [-0.2, 0) is 4.79 Å². The van der Waals surface area contributed by atoms with Crippen molar-refractivity contribution in [1.82, 2.24) is 19.9 Å². The van der Waals surface area contributed by atoms with Gasteiger partial charge < -0.3 is 10.6 Å². The minimum absolute atomic E-state index is 0.104. The van der Waals surface area contributed by atoms with Gasteiger partial charge in [-0.25, -0.2) is 9.69 Å². The molecule has 2 N–H and O–H groups in total. The van der Waals surface area contributed by atoms with E-state index in [0.29, 0.717) is 17.5 Å². The van der Waals surface area contributed by atoms with Gasteiger partial charge in [0.15, 0.2) is 5.82 Å². The molecule has 3 aromatic carbocycles. The molecular weight excluding hydrogens is 472 g/mol. The average molecular weight is 499 g/mol. The number of nitrogens with zero attached hydrogens (tertiary/aromatic N) is 5. The largest absolute Gasteiger partial charge is 0.497 e. The SMILES string of the molecule is COc1ccc(C2CC(c3ccc4ccccc4c3)=NN2C(=O)CSc2nnc(C3CC3)n2N)cc1. The van der Waals surface area contributed by atoms with E-state index in [1.165, 1.54) is 21.8 Å². The van der Waals surface area contributed by atoms with E-state index in [9.17, 15) is 4.79 Å². The molecule has 0 spiro atoms. The Bertz CT molecular complexity index is 1460. The molecule has 1 atom stereocenters. The molecule has 1 aromatic heterocycles. The summed E-state index contributed by atoms with van der Waals surface area (Å²) in [5.41, 5.74) is 2.91. The monoisotopic (exact) mass is 498 g/mol. The second-order valence-corrected chi connectivity index (χ2v) is 10.1. The van der Waals surface area contributed by atoms with Gasteiger partial charge in [-0.3, -0.25) is 4.79 Å². The number of hydrogen-bond acceptors (Lipinski definition) is 7. The first-order valence-electron chi connectivity index (χ1n) is 12.0. The maximum Gasteiger partial charge on any atom is 0.253 e. The number of nitrogen functional groups attached to an aromatic ring is 1. The normalized spacial score (nSPS) is 17.4. The highest BCUT2D eigenvalue weighted by atomic mass is 32.2. The van der Waals surface area contributed by atoms with Gasteiger partial charge in [-0.1, -0.05) is 60.3 Å². The molecule has 8 nitrogen and oxygen atoms in total. The number of fused-ring (bicyclic) bond motifs is 1. The third-order valence-electron chi connectivity index (χ3n) is 6.71. The average Bonchev–Trinajstić information content (AvgIpc) is 3.55. The molecule has 1 aliphatic carbocycles. The predicted octanol–water partition coefficient (Wildman–Crippen LogP) is 4.50. The Morgan fingerprint density at radius 3 is 2.58 bits per heavy atom. The number of carbonyl (C=O) groups is 1. The van der Waals surface area contributed by atoms with Crippen LogP contribution < -0.4 is 10.6 Å². The van der Waals surface area contributed by atoms with Crippen molar-refractivity contribution in [3.8, 4) is 5.75 Å². The van der Waals surface area contributed by atoms with Crippen molar-refractivity contribution < 1.29 is 9.53 Å². The van der Waals surface area contributed by atoms with Crippen LogP contribution in [0.4, 0.5) is 0 Å². The molecule has 1 unspecified atom stereocenters. The van der Waals surface area contributed by atoms with Crippen molar-refractivity contribution >= 4 is 34.2 Å². The third-order valence-corrected chi connectivity index (χ3v) is 7.64. The van der Waals surface area contributed by atoms with Crippen LogP contribution in [0, 0.1) is 0 Å². The summed E-state index contributed by atoms with van der Waals surface area (Å²) in [5.74, 6) is 8.20. The molecule has 0 saturated heterocycles. The van der Waals surface area contributed by atoms with E-state index >= 15 is 0 Å². The van der Waals surface area contributed by atoms with Crippen LogP contribution in [0.2, 0.25) is 0 Å². The Labute approximate surface area is 213 Å². The Morgan fingerprint density at radius 2 is 1.83 bits per heavy atom. The predicted molar refractivity (Wildman–Crippen MR) is 141 cm³/mol. The molecule has 2 heterocycles. The number of hydrazone groups is 1. The summed E-state index contributed by atoms with van der Waals surface area (Å²) in [4.78, 5) is 13.5. The molecule has 9 heteroatoms. The highest BCUT2D eigenvalue weighted by Gasteiger charge is 2.34. The van der Waals surface area contributed by atoms with E-state index in [1.807, 2.05) is 36.4 Å². The fourth-order valence-corrected chi connectivity index (χ4v) is 5.28.